The van der Waals surface area contributed by atoms with Gasteiger partial charge in [0.15, 0.2) is 0 Å². The molecule has 2 atom stereocenters. The summed E-state index contributed by atoms with van der Waals surface area (Å²) in [5.74, 6) is 0. The van der Waals surface area contributed by atoms with Crippen LogP contribution >= 0.6 is 0 Å². The molecule has 1 aliphatic rings. The number of likely N-dealkylation sites (tertiary alicyclic amines) is 1. The first-order valence-electron chi connectivity index (χ1n) is 5.60. The molecule has 1 aliphatic heterocycles. The van der Waals surface area contributed by atoms with Crippen molar-refractivity contribution in [1.29, 1.82) is 0 Å². The Morgan fingerprint density at radius 3 is 2.56 bits per heavy atom. The fourth-order valence-corrected chi connectivity index (χ4v) is 2.38. The lowest BCUT2D eigenvalue weighted by molar-refractivity contribution is -0.0197. The molecule has 0 aliphatic carbocycles. The summed E-state index contributed by atoms with van der Waals surface area (Å²) in [6.07, 6.45) is -0.299. The molecule has 94 valence electrons. The Morgan fingerprint density at radius 2 is 2.12 bits per heavy atom. The van der Waals surface area contributed by atoms with Crippen LogP contribution in [0.25, 0.3) is 0 Å². The van der Waals surface area contributed by atoms with Gasteiger partial charge in [0, 0.05) is 6.54 Å². The van der Waals surface area contributed by atoms with E-state index in [1.807, 2.05) is 20.8 Å². The summed E-state index contributed by atoms with van der Waals surface area (Å²) < 4.78 is 5.52. The Balaban J connectivity index is 2.76. The van der Waals surface area contributed by atoms with Crippen LogP contribution in [0.3, 0.4) is 0 Å². The van der Waals surface area contributed by atoms with Crippen molar-refractivity contribution in [2.75, 3.05) is 19.8 Å². The summed E-state index contributed by atoms with van der Waals surface area (Å²) in [4.78, 5) is 12.5. The first kappa shape index (κ1) is 13.3. The van der Waals surface area contributed by atoms with E-state index in [1.54, 1.807) is 0 Å². The number of hydrogen-bond donors (Lipinski definition) is 2. The molecule has 5 heteroatoms. The number of nitrogens with zero attached hydrogens (tertiary/aromatic N) is 1. The van der Waals surface area contributed by atoms with Crippen LogP contribution in [0.5, 0.6) is 0 Å². The minimum absolute atomic E-state index is 0.0273. The number of carboxylic acid groups (broad SMARTS) is 1. The average Bonchev–Trinajstić information content (AvgIpc) is 2.57. The molecule has 1 rings (SSSR count). The van der Waals surface area contributed by atoms with E-state index in [0.29, 0.717) is 13.0 Å². The largest absolute Gasteiger partial charge is 0.465 e. The molecule has 1 heterocycles. The molecular formula is C11H21NO4. The second kappa shape index (κ2) is 5.01. The Kier molecular flexibility index (Phi) is 4.15. The van der Waals surface area contributed by atoms with Gasteiger partial charge in [0.05, 0.1) is 25.4 Å². The van der Waals surface area contributed by atoms with Gasteiger partial charge in [0.25, 0.3) is 0 Å². The summed E-state index contributed by atoms with van der Waals surface area (Å²) in [6.45, 7) is 6.77. The van der Waals surface area contributed by atoms with Crippen molar-refractivity contribution in [3.05, 3.63) is 0 Å². The van der Waals surface area contributed by atoms with Crippen LogP contribution in [0.1, 0.15) is 27.2 Å². The van der Waals surface area contributed by atoms with Crippen LogP contribution in [-0.2, 0) is 4.74 Å². The highest BCUT2D eigenvalue weighted by Gasteiger charge is 2.44. The van der Waals surface area contributed by atoms with E-state index in [9.17, 15) is 4.79 Å². The standard InChI is InChI=1S/C11H21NO4/c1-11(2,3)9-8(16-7-6-13)4-5-12(9)10(14)15/h8-9,13H,4-7H2,1-3H3,(H,14,15)/t8-,9+/m0/s1. The topological polar surface area (TPSA) is 70.0 Å². The van der Waals surface area contributed by atoms with Crippen molar-refractivity contribution in [1.82, 2.24) is 4.90 Å². The number of ether oxygens (including phenoxy) is 1. The first-order chi connectivity index (χ1) is 7.38. The SMILES string of the molecule is CC(C)(C)[C@H]1[C@@H](OCCO)CCN1C(=O)O. The van der Waals surface area contributed by atoms with Gasteiger partial charge >= 0.3 is 6.09 Å². The quantitative estimate of drug-likeness (QED) is 0.764. The van der Waals surface area contributed by atoms with E-state index < -0.39 is 6.09 Å². The van der Waals surface area contributed by atoms with Gasteiger partial charge in [-0.15, -0.1) is 0 Å². The lowest BCUT2D eigenvalue weighted by Crippen LogP contribution is -2.48. The molecule has 0 saturated carbocycles. The second-order valence-electron chi connectivity index (χ2n) is 5.21. The second-order valence-corrected chi connectivity index (χ2v) is 5.21. The van der Waals surface area contributed by atoms with Gasteiger partial charge in [-0.05, 0) is 11.8 Å². The fourth-order valence-electron chi connectivity index (χ4n) is 2.38. The monoisotopic (exact) mass is 231 g/mol. The van der Waals surface area contributed by atoms with Crippen LogP contribution in [0.15, 0.2) is 0 Å². The van der Waals surface area contributed by atoms with Crippen molar-refractivity contribution in [2.45, 2.75) is 39.3 Å². The maximum atomic E-state index is 11.1. The zero-order valence-corrected chi connectivity index (χ0v) is 10.1. The van der Waals surface area contributed by atoms with Crippen molar-refractivity contribution in [3.63, 3.8) is 0 Å². The number of carbonyl (C=O) groups is 1. The van der Waals surface area contributed by atoms with E-state index in [2.05, 4.69) is 0 Å². The molecular weight excluding hydrogens is 210 g/mol. The molecule has 0 spiro atoms. The van der Waals surface area contributed by atoms with Crippen LogP contribution < -0.4 is 0 Å². The molecule has 0 bridgehead atoms. The minimum Gasteiger partial charge on any atom is -0.465 e. The number of hydrogen-bond acceptors (Lipinski definition) is 3. The summed E-state index contributed by atoms with van der Waals surface area (Å²) >= 11 is 0. The van der Waals surface area contributed by atoms with Crippen LogP contribution in [0.2, 0.25) is 0 Å². The Labute approximate surface area is 96.0 Å². The maximum Gasteiger partial charge on any atom is 0.407 e. The minimum atomic E-state index is -0.893. The zero-order chi connectivity index (χ0) is 12.3. The van der Waals surface area contributed by atoms with Gasteiger partial charge in [-0.3, -0.25) is 0 Å². The van der Waals surface area contributed by atoms with Gasteiger partial charge in [0.2, 0.25) is 0 Å². The molecule has 0 aromatic heterocycles. The van der Waals surface area contributed by atoms with E-state index in [-0.39, 0.29) is 30.8 Å². The lowest BCUT2D eigenvalue weighted by atomic mass is 9.84. The molecule has 2 N–H and O–H groups in total. The van der Waals surface area contributed by atoms with Crippen LogP contribution in [0, 0.1) is 5.41 Å². The van der Waals surface area contributed by atoms with Crippen molar-refractivity contribution in [3.8, 4) is 0 Å². The summed E-state index contributed by atoms with van der Waals surface area (Å²) in [6, 6.07) is -0.142. The average molecular weight is 231 g/mol. The first-order valence-corrected chi connectivity index (χ1v) is 5.60. The van der Waals surface area contributed by atoms with E-state index >= 15 is 0 Å². The molecule has 16 heavy (non-hydrogen) atoms. The molecule has 0 aromatic rings. The summed E-state index contributed by atoms with van der Waals surface area (Å²) in [5.41, 5.74) is -0.158. The lowest BCUT2D eigenvalue weighted by Gasteiger charge is -2.36. The summed E-state index contributed by atoms with van der Waals surface area (Å²) in [5, 5.41) is 17.8. The Bertz CT molecular complexity index is 249. The van der Waals surface area contributed by atoms with Crippen LogP contribution in [0.4, 0.5) is 4.79 Å². The van der Waals surface area contributed by atoms with Gasteiger partial charge in [-0.2, -0.15) is 0 Å². The molecule has 0 radical (unpaired) electrons. The highest BCUT2D eigenvalue weighted by molar-refractivity contribution is 5.66. The maximum absolute atomic E-state index is 11.1. The Morgan fingerprint density at radius 1 is 1.50 bits per heavy atom. The van der Waals surface area contributed by atoms with Gasteiger partial charge in [-0.1, -0.05) is 20.8 Å². The van der Waals surface area contributed by atoms with E-state index in [1.165, 1.54) is 4.90 Å². The predicted octanol–water partition coefficient (Wildman–Crippen LogP) is 1.16. The highest BCUT2D eigenvalue weighted by atomic mass is 16.5. The Hall–Kier alpha value is -0.810. The highest BCUT2D eigenvalue weighted by Crippen LogP contribution is 2.34. The number of rotatable bonds is 3. The molecule has 0 unspecified atom stereocenters. The smallest absolute Gasteiger partial charge is 0.407 e. The normalized spacial score (nSPS) is 26.1. The van der Waals surface area contributed by atoms with Crippen molar-refractivity contribution in [2.24, 2.45) is 5.41 Å². The van der Waals surface area contributed by atoms with Crippen molar-refractivity contribution < 1.29 is 19.7 Å². The summed E-state index contributed by atoms with van der Waals surface area (Å²) in [7, 11) is 0. The van der Waals surface area contributed by atoms with E-state index in [0.717, 1.165) is 0 Å². The third kappa shape index (κ3) is 2.86. The fraction of sp³-hybridized carbons (Fsp3) is 0.909. The van der Waals surface area contributed by atoms with Gasteiger partial charge < -0.3 is 19.8 Å². The third-order valence-corrected chi connectivity index (χ3v) is 2.90. The molecule has 1 amide bonds. The molecule has 5 nitrogen and oxygen atoms in total. The van der Waals surface area contributed by atoms with Gasteiger partial charge in [0.1, 0.15) is 0 Å². The molecule has 0 aromatic carbocycles. The van der Waals surface area contributed by atoms with E-state index in [4.69, 9.17) is 14.9 Å². The number of aliphatic hydroxyl groups is 1. The van der Waals surface area contributed by atoms with Crippen molar-refractivity contribution >= 4 is 6.09 Å². The van der Waals surface area contributed by atoms with Crippen LogP contribution in [-0.4, -0.2) is 53.1 Å². The number of amides is 1. The third-order valence-electron chi connectivity index (χ3n) is 2.90. The number of aliphatic hydroxyl groups excluding tert-OH is 1. The predicted molar refractivity (Wildman–Crippen MR) is 59.4 cm³/mol. The molecule has 1 saturated heterocycles. The zero-order valence-electron chi connectivity index (χ0n) is 10.1. The van der Waals surface area contributed by atoms with Gasteiger partial charge in [-0.25, -0.2) is 4.79 Å². The molecule has 1 fully saturated rings.